The number of nitrogens with zero attached hydrogens (tertiary/aromatic N) is 2. The molecule has 1 aliphatic carbocycles. The maximum absolute atomic E-state index is 5.55. The van der Waals surface area contributed by atoms with Gasteiger partial charge >= 0.3 is 0 Å². The molecule has 0 saturated heterocycles. The van der Waals surface area contributed by atoms with Crippen LogP contribution in [0.15, 0.2) is 175 Å². The Labute approximate surface area is 268 Å². The predicted molar refractivity (Wildman–Crippen MR) is 193 cm³/mol. The summed E-state index contributed by atoms with van der Waals surface area (Å²) in [6.45, 7) is 0. The summed E-state index contributed by atoms with van der Waals surface area (Å²) < 4.78 is 0. The molecule has 1 atom stereocenters. The molecule has 0 N–H and O–H groups in total. The molecule has 46 heavy (non-hydrogen) atoms. The van der Waals surface area contributed by atoms with Gasteiger partial charge in [0.1, 0.15) is 0 Å². The van der Waals surface area contributed by atoms with Crippen LogP contribution < -0.4 is 0 Å². The third-order valence-electron chi connectivity index (χ3n) is 9.41. The van der Waals surface area contributed by atoms with E-state index < -0.39 is 0 Å². The van der Waals surface area contributed by atoms with Gasteiger partial charge in [-0.3, -0.25) is 9.98 Å². The molecule has 1 saturated carbocycles. The average Bonchev–Trinajstić information content (AvgIpc) is 3.94. The summed E-state index contributed by atoms with van der Waals surface area (Å²) in [5, 5.41) is 5.08. The van der Waals surface area contributed by atoms with Crippen LogP contribution in [0.25, 0.3) is 55.1 Å². The maximum Gasteiger partial charge on any atom is 0.0711 e. The molecule has 2 heterocycles. The van der Waals surface area contributed by atoms with Gasteiger partial charge in [-0.15, -0.1) is 0 Å². The van der Waals surface area contributed by atoms with Crippen LogP contribution in [0.2, 0.25) is 0 Å². The Morgan fingerprint density at radius 1 is 0.500 bits per heavy atom. The zero-order chi connectivity index (χ0) is 30.5. The fraction of sp³-hybridized carbons (Fsp3) is 0.0455. The Kier molecular flexibility index (Phi) is 6.31. The molecule has 6 aromatic carbocycles. The van der Waals surface area contributed by atoms with E-state index in [0.29, 0.717) is 5.92 Å². The van der Waals surface area contributed by atoms with Gasteiger partial charge in [0.15, 0.2) is 0 Å². The number of allylic oxidation sites excluding steroid dienone is 3. The second-order valence-corrected chi connectivity index (χ2v) is 12.2. The highest BCUT2D eigenvalue weighted by molar-refractivity contribution is 6.23. The summed E-state index contributed by atoms with van der Waals surface area (Å²) in [6.07, 6.45) is 7.08. The number of rotatable bonds is 5. The molecule has 2 nitrogen and oxygen atoms in total. The van der Waals surface area contributed by atoms with E-state index in [1.165, 1.54) is 66.2 Å². The molecule has 1 aromatic heterocycles. The van der Waals surface area contributed by atoms with Crippen LogP contribution in [0, 0.1) is 5.92 Å². The lowest BCUT2D eigenvalue weighted by atomic mass is 9.93. The minimum atomic E-state index is 0.311. The summed E-state index contributed by atoms with van der Waals surface area (Å²) in [5.74, 6) is 0.311. The van der Waals surface area contributed by atoms with Crippen LogP contribution >= 0.6 is 0 Å². The van der Waals surface area contributed by atoms with Crippen molar-refractivity contribution < 1.29 is 0 Å². The van der Waals surface area contributed by atoms with Crippen molar-refractivity contribution in [2.24, 2.45) is 10.9 Å². The van der Waals surface area contributed by atoms with E-state index in [1.54, 1.807) is 0 Å². The summed E-state index contributed by atoms with van der Waals surface area (Å²) in [6, 6.07) is 52.3. The molecule has 1 fully saturated rings. The van der Waals surface area contributed by atoms with Crippen molar-refractivity contribution >= 4 is 38.5 Å². The van der Waals surface area contributed by atoms with Gasteiger partial charge in [-0.2, -0.15) is 0 Å². The number of pyridine rings is 1. The molecule has 9 rings (SSSR count). The summed E-state index contributed by atoms with van der Waals surface area (Å²) >= 11 is 0. The van der Waals surface area contributed by atoms with E-state index >= 15 is 0 Å². The van der Waals surface area contributed by atoms with Crippen LogP contribution in [0.1, 0.15) is 23.1 Å². The molecule has 2 aliphatic rings. The highest BCUT2D eigenvalue weighted by Crippen LogP contribution is 2.50. The van der Waals surface area contributed by atoms with Crippen molar-refractivity contribution in [2.75, 3.05) is 0 Å². The molecule has 0 bridgehead atoms. The summed E-state index contributed by atoms with van der Waals surface area (Å²) in [5.41, 5.74) is 13.2. The van der Waals surface area contributed by atoms with Gasteiger partial charge < -0.3 is 0 Å². The second kappa shape index (κ2) is 10.9. The molecule has 0 radical (unpaired) electrons. The maximum atomic E-state index is 5.55. The first kappa shape index (κ1) is 26.5. The minimum Gasteiger partial charge on any atom is -0.264 e. The van der Waals surface area contributed by atoms with Crippen LogP contribution in [0.5, 0.6) is 0 Å². The van der Waals surface area contributed by atoms with Gasteiger partial charge in [0.2, 0.25) is 0 Å². The van der Waals surface area contributed by atoms with E-state index in [1.807, 2.05) is 18.5 Å². The number of aliphatic imine (C=N–C) groups is 1. The van der Waals surface area contributed by atoms with Gasteiger partial charge in [0, 0.05) is 29.4 Å². The SMILES string of the molecule is C1=C(c2ccc(-c3ccc(-c4cccnc4)cc3)cc2)N=C(c2cc3ccccc3c3ccccc23)C2CC2=C1c1ccccc1. The first-order valence-electron chi connectivity index (χ1n) is 15.9. The van der Waals surface area contributed by atoms with Crippen LogP contribution in [0.4, 0.5) is 0 Å². The molecule has 1 unspecified atom stereocenters. The van der Waals surface area contributed by atoms with Gasteiger partial charge in [-0.25, -0.2) is 0 Å². The van der Waals surface area contributed by atoms with Gasteiger partial charge in [-0.05, 0) is 79.6 Å². The van der Waals surface area contributed by atoms with Crippen molar-refractivity contribution in [1.82, 2.24) is 4.98 Å². The zero-order valence-electron chi connectivity index (χ0n) is 25.3. The van der Waals surface area contributed by atoms with Gasteiger partial charge in [0.05, 0.1) is 11.4 Å². The largest absolute Gasteiger partial charge is 0.264 e. The van der Waals surface area contributed by atoms with E-state index in [2.05, 4.69) is 151 Å². The molecule has 7 aromatic rings. The number of benzene rings is 6. The lowest BCUT2D eigenvalue weighted by molar-refractivity contribution is 1.22. The summed E-state index contributed by atoms with van der Waals surface area (Å²) in [4.78, 5) is 9.82. The van der Waals surface area contributed by atoms with Crippen molar-refractivity contribution in [3.05, 3.63) is 186 Å². The first-order valence-corrected chi connectivity index (χ1v) is 15.9. The first-order chi connectivity index (χ1) is 22.8. The quantitative estimate of drug-likeness (QED) is 0.184. The average molecular weight is 587 g/mol. The molecular formula is C44H30N2. The Morgan fingerprint density at radius 3 is 1.83 bits per heavy atom. The number of fused-ring (bicyclic) bond motifs is 4. The van der Waals surface area contributed by atoms with E-state index in [9.17, 15) is 0 Å². The number of aromatic nitrogens is 1. The van der Waals surface area contributed by atoms with Crippen molar-refractivity contribution in [3.8, 4) is 22.3 Å². The van der Waals surface area contributed by atoms with Crippen LogP contribution in [-0.2, 0) is 0 Å². The van der Waals surface area contributed by atoms with Crippen molar-refractivity contribution in [1.29, 1.82) is 0 Å². The Balaban J connectivity index is 1.15. The molecule has 1 aliphatic heterocycles. The van der Waals surface area contributed by atoms with E-state index in [-0.39, 0.29) is 0 Å². The predicted octanol–water partition coefficient (Wildman–Crippen LogP) is 11.0. The van der Waals surface area contributed by atoms with E-state index in [0.717, 1.165) is 23.2 Å². The second-order valence-electron chi connectivity index (χ2n) is 12.2. The normalized spacial score (nSPS) is 15.7. The van der Waals surface area contributed by atoms with Gasteiger partial charge in [-0.1, -0.05) is 139 Å². The van der Waals surface area contributed by atoms with Crippen molar-refractivity contribution in [2.45, 2.75) is 6.42 Å². The van der Waals surface area contributed by atoms with Crippen molar-refractivity contribution in [3.63, 3.8) is 0 Å². The summed E-state index contributed by atoms with van der Waals surface area (Å²) in [7, 11) is 0. The Morgan fingerprint density at radius 2 is 1.11 bits per heavy atom. The van der Waals surface area contributed by atoms with Crippen LogP contribution in [0.3, 0.4) is 0 Å². The fourth-order valence-corrected chi connectivity index (χ4v) is 6.96. The number of hydrogen-bond acceptors (Lipinski definition) is 2. The molecular weight excluding hydrogens is 556 g/mol. The smallest absolute Gasteiger partial charge is 0.0711 e. The van der Waals surface area contributed by atoms with E-state index in [4.69, 9.17) is 4.99 Å². The fourth-order valence-electron chi connectivity index (χ4n) is 6.96. The minimum absolute atomic E-state index is 0.311. The lowest BCUT2D eigenvalue weighted by Crippen LogP contribution is -2.05. The zero-order valence-corrected chi connectivity index (χ0v) is 25.3. The highest BCUT2D eigenvalue weighted by Gasteiger charge is 2.40. The van der Waals surface area contributed by atoms with Gasteiger partial charge in [0.25, 0.3) is 0 Å². The topological polar surface area (TPSA) is 25.2 Å². The highest BCUT2D eigenvalue weighted by atomic mass is 14.8. The third-order valence-corrected chi connectivity index (χ3v) is 9.41. The number of hydrogen-bond donors (Lipinski definition) is 0. The molecule has 0 amide bonds. The molecule has 2 heteroatoms. The van der Waals surface area contributed by atoms with Crippen LogP contribution in [-0.4, -0.2) is 10.7 Å². The Hall–Kier alpha value is -5.86. The molecule has 216 valence electrons. The third kappa shape index (κ3) is 4.67. The molecule has 0 spiro atoms. The standard InChI is InChI=1S/C44H30N2/c1-2-9-32(10-3-1)39-27-43(33-22-20-30(21-23-33)29-16-18-31(19-17-29)35-12-8-24-45-28-35)46-44(42-26-40(39)42)41-25-34-11-4-5-13-36(34)37-14-6-7-15-38(37)41/h1-25,27-28,42H,26H2. The Bertz CT molecular complexity index is 2340. The lowest BCUT2D eigenvalue weighted by Gasteiger charge is -2.13. The monoisotopic (exact) mass is 586 g/mol.